The van der Waals surface area contributed by atoms with E-state index < -0.39 is 16.1 Å². The number of amides is 2. The summed E-state index contributed by atoms with van der Waals surface area (Å²) in [6, 6.07) is 13.5. The van der Waals surface area contributed by atoms with E-state index in [0.717, 1.165) is 36.8 Å². The van der Waals surface area contributed by atoms with Crippen molar-refractivity contribution in [1.29, 1.82) is 0 Å². The number of hydrogen-bond donors (Lipinski definition) is 1. The lowest BCUT2D eigenvalue weighted by Crippen LogP contribution is -2.49. The van der Waals surface area contributed by atoms with Crippen molar-refractivity contribution in [3.63, 3.8) is 0 Å². The van der Waals surface area contributed by atoms with Gasteiger partial charge in [0.05, 0.1) is 18.1 Å². The van der Waals surface area contributed by atoms with E-state index in [1.54, 1.807) is 43.2 Å². The van der Waals surface area contributed by atoms with Crippen molar-refractivity contribution in [3.05, 3.63) is 59.7 Å². The molecule has 2 atom stereocenters. The van der Waals surface area contributed by atoms with Gasteiger partial charge < -0.3 is 19.7 Å². The fourth-order valence-electron chi connectivity index (χ4n) is 4.98. The highest BCUT2D eigenvalue weighted by atomic mass is 32.2. The molecule has 0 radical (unpaired) electrons. The second-order valence-corrected chi connectivity index (χ2v) is 12.1. The molecular formula is C29H39N3O6S. The average Bonchev–Trinajstić information content (AvgIpc) is 3.69. The minimum absolute atomic E-state index is 0.0177. The Bertz CT molecular complexity index is 1200. The van der Waals surface area contributed by atoms with Crippen LogP contribution < -0.4 is 10.1 Å². The number of methoxy groups -OCH3 is 1. The standard InChI is InChI=1S/C29H39N3O6S/c1-22(29(34)30-20-26-6-5-19-38-26)32(21-24-7-12-25(37-2)13-8-24)28(33)16-11-23-9-14-27(15-10-23)39(35,36)31-17-3-4-18-31/h7-10,12-15,22,26H,3-6,11,16-21H2,1-2H3,(H,30,34)/t22-,26-/m0/s1. The van der Waals surface area contributed by atoms with Crippen LogP contribution in [0.2, 0.25) is 0 Å². The molecule has 0 aromatic heterocycles. The van der Waals surface area contributed by atoms with Gasteiger partial charge in [-0.25, -0.2) is 8.42 Å². The number of hydrogen-bond acceptors (Lipinski definition) is 6. The van der Waals surface area contributed by atoms with Crippen LogP contribution in [0.25, 0.3) is 0 Å². The zero-order valence-electron chi connectivity index (χ0n) is 22.8. The maximum Gasteiger partial charge on any atom is 0.243 e. The highest BCUT2D eigenvalue weighted by Gasteiger charge is 2.28. The summed E-state index contributed by atoms with van der Waals surface area (Å²) in [6.07, 6.45) is 4.33. The molecule has 212 valence electrons. The molecule has 2 amide bonds. The third kappa shape index (κ3) is 7.58. The molecule has 2 saturated heterocycles. The normalized spacial score (nSPS) is 18.6. The molecule has 4 rings (SSSR count). The SMILES string of the molecule is COc1ccc(CN(C(=O)CCc2ccc(S(=O)(=O)N3CCCC3)cc2)[C@@H](C)C(=O)NC[C@@H]2CCCO2)cc1. The second kappa shape index (κ2) is 13.4. The molecule has 1 N–H and O–H groups in total. The van der Waals surface area contributed by atoms with E-state index in [1.165, 1.54) is 4.31 Å². The number of nitrogens with zero attached hydrogens (tertiary/aromatic N) is 2. The molecule has 0 saturated carbocycles. The lowest BCUT2D eigenvalue weighted by Gasteiger charge is -2.29. The molecule has 39 heavy (non-hydrogen) atoms. The Kier molecular flexibility index (Phi) is 9.99. The first-order valence-corrected chi connectivity index (χ1v) is 15.1. The predicted molar refractivity (Wildman–Crippen MR) is 148 cm³/mol. The zero-order valence-corrected chi connectivity index (χ0v) is 23.6. The van der Waals surface area contributed by atoms with Gasteiger partial charge in [0.25, 0.3) is 0 Å². The van der Waals surface area contributed by atoms with Gasteiger partial charge in [-0.15, -0.1) is 0 Å². The molecule has 0 aliphatic carbocycles. The number of benzene rings is 2. The average molecular weight is 558 g/mol. The number of rotatable bonds is 12. The van der Waals surface area contributed by atoms with Crippen LogP contribution in [-0.2, 0) is 37.3 Å². The van der Waals surface area contributed by atoms with Crippen LogP contribution in [0.4, 0.5) is 0 Å². The van der Waals surface area contributed by atoms with E-state index in [2.05, 4.69) is 5.32 Å². The van der Waals surface area contributed by atoms with Crippen LogP contribution in [0.1, 0.15) is 50.2 Å². The number of carbonyl (C=O) groups is 2. The van der Waals surface area contributed by atoms with Crippen molar-refractivity contribution >= 4 is 21.8 Å². The molecule has 2 aromatic carbocycles. The molecule has 2 aliphatic heterocycles. The van der Waals surface area contributed by atoms with E-state index in [-0.39, 0.29) is 35.8 Å². The minimum atomic E-state index is -3.48. The number of carbonyl (C=O) groups excluding carboxylic acids is 2. The summed E-state index contributed by atoms with van der Waals surface area (Å²) in [5, 5.41) is 2.94. The van der Waals surface area contributed by atoms with E-state index in [4.69, 9.17) is 9.47 Å². The van der Waals surface area contributed by atoms with E-state index in [0.29, 0.717) is 38.4 Å². The van der Waals surface area contributed by atoms with Gasteiger partial charge in [-0.3, -0.25) is 9.59 Å². The molecule has 0 spiro atoms. The molecule has 9 nitrogen and oxygen atoms in total. The second-order valence-electron chi connectivity index (χ2n) is 10.2. The molecule has 10 heteroatoms. The Morgan fingerprint density at radius 2 is 1.72 bits per heavy atom. The van der Waals surface area contributed by atoms with Gasteiger partial charge in [-0.1, -0.05) is 24.3 Å². The molecule has 2 aromatic rings. The van der Waals surface area contributed by atoms with Gasteiger partial charge in [-0.05, 0) is 74.4 Å². The highest BCUT2D eigenvalue weighted by Crippen LogP contribution is 2.22. The zero-order chi connectivity index (χ0) is 27.8. The smallest absolute Gasteiger partial charge is 0.243 e. The van der Waals surface area contributed by atoms with Crippen molar-refractivity contribution in [2.45, 2.75) is 69.0 Å². The van der Waals surface area contributed by atoms with Gasteiger partial charge in [-0.2, -0.15) is 4.31 Å². The summed E-state index contributed by atoms with van der Waals surface area (Å²) in [5.74, 6) is 0.345. The first-order valence-electron chi connectivity index (χ1n) is 13.7. The molecule has 0 bridgehead atoms. The maximum absolute atomic E-state index is 13.4. The Balaban J connectivity index is 1.41. The van der Waals surface area contributed by atoms with Gasteiger partial charge >= 0.3 is 0 Å². The quantitative estimate of drug-likeness (QED) is 0.430. The summed E-state index contributed by atoms with van der Waals surface area (Å²) in [6.45, 7) is 4.28. The van der Waals surface area contributed by atoms with E-state index in [9.17, 15) is 18.0 Å². The third-order valence-corrected chi connectivity index (χ3v) is 9.37. The predicted octanol–water partition coefficient (Wildman–Crippen LogP) is 3.12. The fourth-order valence-corrected chi connectivity index (χ4v) is 6.50. The highest BCUT2D eigenvalue weighted by molar-refractivity contribution is 7.89. The minimum Gasteiger partial charge on any atom is -0.497 e. The van der Waals surface area contributed by atoms with E-state index >= 15 is 0 Å². The van der Waals surface area contributed by atoms with Crippen LogP contribution in [0.3, 0.4) is 0 Å². The first kappa shape index (κ1) is 29.0. The van der Waals surface area contributed by atoms with Gasteiger partial charge in [0.2, 0.25) is 21.8 Å². The topological polar surface area (TPSA) is 105 Å². The van der Waals surface area contributed by atoms with Crippen molar-refractivity contribution < 1.29 is 27.5 Å². The molecule has 0 unspecified atom stereocenters. The van der Waals surface area contributed by atoms with Crippen molar-refractivity contribution in [2.75, 3.05) is 33.4 Å². The summed E-state index contributed by atoms with van der Waals surface area (Å²) in [7, 11) is -1.88. The number of ether oxygens (including phenoxy) is 2. The first-order chi connectivity index (χ1) is 18.8. The summed E-state index contributed by atoms with van der Waals surface area (Å²) in [4.78, 5) is 28.3. The monoisotopic (exact) mass is 557 g/mol. The summed E-state index contributed by atoms with van der Waals surface area (Å²) in [5.41, 5.74) is 1.75. The fraction of sp³-hybridized carbons (Fsp3) is 0.517. The third-order valence-electron chi connectivity index (χ3n) is 7.46. The van der Waals surface area contributed by atoms with E-state index in [1.807, 2.05) is 24.3 Å². The van der Waals surface area contributed by atoms with Crippen LogP contribution in [0.5, 0.6) is 5.75 Å². The Labute approximate surface area is 231 Å². The number of aryl methyl sites for hydroxylation is 1. The van der Waals surface area contributed by atoms with Crippen molar-refractivity contribution in [2.24, 2.45) is 0 Å². The number of sulfonamides is 1. The molecular weight excluding hydrogens is 518 g/mol. The lowest BCUT2D eigenvalue weighted by molar-refractivity contribution is -0.140. The Morgan fingerprint density at radius 1 is 1.05 bits per heavy atom. The largest absolute Gasteiger partial charge is 0.497 e. The molecule has 2 fully saturated rings. The number of nitrogens with one attached hydrogen (secondary N) is 1. The van der Waals surface area contributed by atoms with Gasteiger partial charge in [0, 0.05) is 39.2 Å². The molecule has 2 aliphatic rings. The van der Waals surface area contributed by atoms with Crippen LogP contribution in [-0.4, -0.2) is 74.9 Å². The van der Waals surface area contributed by atoms with Gasteiger partial charge in [0.15, 0.2) is 0 Å². The summed E-state index contributed by atoms with van der Waals surface area (Å²) >= 11 is 0. The Hall–Kier alpha value is -2.95. The Morgan fingerprint density at radius 3 is 2.33 bits per heavy atom. The molecule has 2 heterocycles. The van der Waals surface area contributed by atoms with Gasteiger partial charge in [0.1, 0.15) is 11.8 Å². The lowest BCUT2D eigenvalue weighted by atomic mass is 10.1. The van der Waals surface area contributed by atoms with Crippen LogP contribution >= 0.6 is 0 Å². The van der Waals surface area contributed by atoms with Crippen LogP contribution in [0, 0.1) is 0 Å². The maximum atomic E-state index is 13.4. The van der Waals surface area contributed by atoms with Crippen LogP contribution in [0.15, 0.2) is 53.4 Å². The van der Waals surface area contributed by atoms with Crippen molar-refractivity contribution in [1.82, 2.24) is 14.5 Å². The van der Waals surface area contributed by atoms with Crippen molar-refractivity contribution in [3.8, 4) is 5.75 Å². The summed E-state index contributed by atoms with van der Waals surface area (Å²) < 4.78 is 38.0.